The smallest absolute Gasteiger partial charge is 0.261 e. The molecule has 28 heavy (non-hydrogen) atoms. The van der Waals surface area contributed by atoms with E-state index in [2.05, 4.69) is 41.1 Å². The van der Waals surface area contributed by atoms with Crippen LogP contribution < -0.4 is 4.74 Å². The highest BCUT2D eigenvalue weighted by atomic mass is 32.1. The second-order valence-electron chi connectivity index (χ2n) is 6.85. The van der Waals surface area contributed by atoms with Crippen molar-refractivity contribution in [3.05, 3.63) is 86.7 Å². The molecule has 1 amide bonds. The van der Waals surface area contributed by atoms with Crippen LogP contribution in [0.15, 0.2) is 71.4 Å². The average molecular weight is 406 g/mol. The van der Waals surface area contributed by atoms with E-state index in [1.807, 2.05) is 35.2 Å². The maximum atomic E-state index is 13.1. The van der Waals surface area contributed by atoms with E-state index < -0.39 is 0 Å². The van der Waals surface area contributed by atoms with Crippen molar-refractivity contribution < 1.29 is 9.53 Å². The number of nitrogens with zero attached hydrogens (tertiary/aromatic N) is 1. The van der Waals surface area contributed by atoms with Gasteiger partial charge in [-0.1, -0.05) is 36.4 Å². The summed E-state index contributed by atoms with van der Waals surface area (Å²) in [4.78, 5) is 17.6. The first kappa shape index (κ1) is 17.5. The summed E-state index contributed by atoms with van der Waals surface area (Å²) in [5, 5.41) is 6.49. The molecular formula is C23H19NO2S2. The summed E-state index contributed by atoms with van der Waals surface area (Å²) in [6, 6.07) is 20.4. The highest BCUT2D eigenvalue weighted by Crippen LogP contribution is 2.39. The van der Waals surface area contributed by atoms with Crippen LogP contribution in [0.5, 0.6) is 5.75 Å². The van der Waals surface area contributed by atoms with Crippen LogP contribution in [0, 0.1) is 0 Å². The minimum Gasteiger partial charge on any atom is -0.484 e. The van der Waals surface area contributed by atoms with Crippen molar-refractivity contribution in [2.24, 2.45) is 0 Å². The predicted octanol–water partition coefficient (Wildman–Crippen LogP) is 5.52. The molecule has 1 atom stereocenters. The van der Waals surface area contributed by atoms with Gasteiger partial charge >= 0.3 is 0 Å². The molecule has 5 heteroatoms. The van der Waals surface area contributed by atoms with E-state index in [0.717, 1.165) is 24.1 Å². The van der Waals surface area contributed by atoms with Gasteiger partial charge in [-0.05, 0) is 57.8 Å². The van der Waals surface area contributed by atoms with E-state index in [0.29, 0.717) is 0 Å². The van der Waals surface area contributed by atoms with Crippen LogP contribution in [-0.4, -0.2) is 24.0 Å². The molecule has 0 bridgehead atoms. The first-order chi connectivity index (χ1) is 13.8. The fourth-order valence-electron chi connectivity index (χ4n) is 3.82. The molecule has 0 radical (unpaired) electrons. The Balaban J connectivity index is 1.36. The number of rotatable bonds is 4. The summed E-state index contributed by atoms with van der Waals surface area (Å²) >= 11 is 3.49. The van der Waals surface area contributed by atoms with Gasteiger partial charge in [-0.2, -0.15) is 0 Å². The van der Waals surface area contributed by atoms with Crippen molar-refractivity contribution in [3.63, 3.8) is 0 Å². The van der Waals surface area contributed by atoms with Gasteiger partial charge in [-0.3, -0.25) is 4.79 Å². The second kappa shape index (κ2) is 7.41. The predicted molar refractivity (Wildman–Crippen MR) is 115 cm³/mol. The van der Waals surface area contributed by atoms with Gasteiger partial charge < -0.3 is 9.64 Å². The molecule has 0 fully saturated rings. The Bertz CT molecular complexity index is 1120. The van der Waals surface area contributed by atoms with Gasteiger partial charge in [0, 0.05) is 16.3 Å². The molecule has 1 aliphatic rings. The van der Waals surface area contributed by atoms with Gasteiger partial charge in [0.05, 0.1) is 6.04 Å². The van der Waals surface area contributed by atoms with Gasteiger partial charge in [-0.25, -0.2) is 0 Å². The lowest BCUT2D eigenvalue weighted by molar-refractivity contribution is -0.135. The van der Waals surface area contributed by atoms with Gasteiger partial charge in [-0.15, -0.1) is 22.7 Å². The van der Waals surface area contributed by atoms with Crippen LogP contribution in [0.3, 0.4) is 0 Å². The molecule has 2 aromatic heterocycles. The van der Waals surface area contributed by atoms with E-state index in [4.69, 9.17) is 4.74 Å². The molecule has 2 aromatic carbocycles. The van der Waals surface area contributed by atoms with Crippen LogP contribution >= 0.6 is 22.7 Å². The summed E-state index contributed by atoms with van der Waals surface area (Å²) in [5.74, 6) is 0.761. The molecule has 140 valence electrons. The molecule has 0 aliphatic carbocycles. The molecule has 0 N–H and O–H groups in total. The second-order valence-corrected chi connectivity index (χ2v) is 8.83. The molecular weight excluding hydrogens is 386 g/mol. The SMILES string of the molecule is O=C(COc1ccc2ccccc2c1)N1CCc2sccc2[C@H]1c1cccs1. The van der Waals surface area contributed by atoms with Crippen molar-refractivity contribution in [3.8, 4) is 5.75 Å². The van der Waals surface area contributed by atoms with Crippen LogP contribution in [0.4, 0.5) is 0 Å². The minimum absolute atomic E-state index is 0.00250. The first-order valence-corrected chi connectivity index (χ1v) is 11.1. The first-order valence-electron chi connectivity index (χ1n) is 9.30. The summed E-state index contributed by atoms with van der Waals surface area (Å²) < 4.78 is 5.88. The lowest BCUT2D eigenvalue weighted by Crippen LogP contribution is -2.42. The monoisotopic (exact) mass is 405 g/mol. The summed E-state index contributed by atoms with van der Waals surface area (Å²) in [7, 11) is 0. The number of ether oxygens (including phenoxy) is 1. The molecule has 1 aliphatic heterocycles. The van der Waals surface area contributed by atoms with Crippen molar-refractivity contribution >= 4 is 39.4 Å². The number of amides is 1. The standard InChI is InChI=1S/C23H19NO2S2/c25-22(15-26-18-8-7-16-4-1-2-5-17(16)14-18)24-11-9-20-19(10-13-28-20)23(24)21-6-3-12-27-21/h1-8,10,12-14,23H,9,11,15H2/t23-/m0/s1. The van der Waals surface area contributed by atoms with Gasteiger partial charge in [0.2, 0.25) is 0 Å². The highest BCUT2D eigenvalue weighted by Gasteiger charge is 2.33. The van der Waals surface area contributed by atoms with E-state index in [1.54, 1.807) is 22.7 Å². The lowest BCUT2D eigenvalue weighted by Gasteiger charge is -2.35. The van der Waals surface area contributed by atoms with Gasteiger partial charge in [0.15, 0.2) is 6.61 Å². The Morgan fingerprint density at radius 1 is 1.00 bits per heavy atom. The molecule has 5 rings (SSSR count). The average Bonchev–Trinajstić information content (AvgIpc) is 3.43. The Kier molecular flexibility index (Phi) is 4.63. The van der Waals surface area contributed by atoms with E-state index in [1.165, 1.54) is 20.7 Å². The third kappa shape index (κ3) is 3.21. The fourth-order valence-corrected chi connectivity index (χ4v) is 5.58. The minimum atomic E-state index is 0.00250. The molecule has 3 nitrogen and oxygen atoms in total. The molecule has 3 heterocycles. The molecule has 0 unspecified atom stereocenters. The van der Waals surface area contributed by atoms with E-state index in [9.17, 15) is 4.79 Å². The zero-order chi connectivity index (χ0) is 18.9. The molecule has 0 spiro atoms. The van der Waals surface area contributed by atoms with Crippen molar-refractivity contribution in [1.82, 2.24) is 4.90 Å². The normalized spacial score (nSPS) is 16.1. The van der Waals surface area contributed by atoms with E-state index >= 15 is 0 Å². The van der Waals surface area contributed by atoms with Crippen LogP contribution in [0.1, 0.15) is 21.4 Å². The Morgan fingerprint density at radius 3 is 2.75 bits per heavy atom. The summed E-state index contributed by atoms with van der Waals surface area (Å²) in [6.07, 6.45) is 0.913. The number of benzene rings is 2. The van der Waals surface area contributed by atoms with E-state index in [-0.39, 0.29) is 18.6 Å². The van der Waals surface area contributed by atoms with Crippen molar-refractivity contribution in [2.45, 2.75) is 12.5 Å². The zero-order valence-electron chi connectivity index (χ0n) is 15.2. The summed E-state index contributed by atoms with van der Waals surface area (Å²) in [5.41, 5.74) is 1.26. The quantitative estimate of drug-likeness (QED) is 0.448. The van der Waals surface area contributed by atoms with Crippen LogP contribution in [-0.2, 0) is 11.2 Å². The number of carbonyl (C=O) groups excluding carboxylic acids is 1. The lowest BCUT2D eigenvalue weighted by atomic mass is 9.98. The number of carbonyl (C=O) groups is 1. The number of hydrogen-bond donors (Lipinski definition) is 0. The highest BCUT2D eigenvalue weighted by molar-refractivity contribution is 7.10. The van der Waals surface area contributed by atoms with Crippen molar-refractivity contribution in [2.75, 3.05) is 13.2 Å². The van der Waals surface area contributed by atoms with Gasteiger partial charge in [0.1, 0.15) is 5.75 Å². The maximum Gasteiger partial charge on any atom is 0.261 e. The Morgan fingerprint density at radius 2 is 1.89 bits per heavy atom. The fraction of sp³-hybridized carbons (Fsp3) is 0.174. The number of fused-ring (bicyclic) bond motifs is 2. The third-order valence-corrected chi connectivity index (χ3v) is 7.10. The zero-order valence-corrected chi connectivity index (χ0v) is 16.8. The topological polar surface area (TPSA) is 29.5 Å². The molecule has 0 saturated carbocycles. The molecule has 0 saturated heterocycles. The largest absolute Gasteiger partial charge is 0.484 e. The maximum absolute atomic E-state index is 13.1. The van der Waals surface area contributed by atoms with Crippen LogP contribution in [0.2, 0.25) is 0 Å². The Labute approximate surface area is 171 Å². The van der Waals surface area contributed by atoms with Crippen molar-refractivity contribution in [1.29, 1.82) is 0 Å². The third-order valence-electron chi connectivity index (χ3n) is 5.18. The summed E-state index contributed by atoms with van der Waals surface area (Å²) in [6.45, 7) is 0.787. The number of thiophene rings is 2. The number of hydrogen-bond acceptors (Lipinski definition) is 4. The Hall–Kier alpha value is -2.63. The molecule has 4 aromatic rings. The van der Waals surface area contributed by atoms with Crippen LogP contribution in [0.25, 0.3) is 10.8 Å². The van der Waals surface area contributed by atoms with Gasteiger partial charge in [0.25, 0.3) is 5.91 Å².